The van der Waals surface area contributed by atoms with E-state index in [1.165, 1.54) is 24.1 Å². The third-order valence-corrected chi connectivity index (χ3v) is 4.75. The Morgan fingerprint density at radius 2 is 1.92 bits per heavy atom. The van der Waals surface area contributed by atoms with Crippen LogP contribution in [0.1, 0.15) is 5.56 Å². The summed E-state index contributed by atoms with van der Waals surface area (Å²) in [6, 6.07) is 17.4. The zero-order valence-electron chi connectivity index (χ0n) is 13.0. The highest BCUT2D eigenvalue weighted by Gasteiger charge is 2.15. The SMILES string of the molecule is Cc1ccn2c(Sc3ccoc(=O)c3)c(-c3ccccc3)nc2c1. The summed E-state index contributed by atoms with van der Waals surface area (Å²) in [5, 5.41) is 0.974. The van der Waals surface area contributed by atoms with Gasteiger partial charge in [-0.15, -0.1) is 0 Å². The van der Waals surface area contributed by atoms with Crippen molar-refractivity contribution < 1.29 is 4.42 Å². The van der Waals surface area contributed by atoms with Crippen molar-refractivity contribution in [3.63, 3.8) is 0 Å². The van der Waals surface area contributed by atoms with Crippen molar-refractivity contribution in [1.29, 1.82) is 0 Å². The van der Waals surface area contributed by atoms with E-state index in [-0.39, 0.29) is 5.63 Å². The molecule has 0 atom stereocenters. The molecule has 0 saturated heterocycles. The molecule has 24 heavy (non-hydrogen) atoms. The Kier molecular flexibility index (Phi) is 3.70. The molecular formula is C19H14N2O2S. The highest BCUT2D eigenvalue weighted by molar-refractivity contribution is 7.99. The highest BCUT2D eigenvalue weighted by atomic mass is 32.2. The van der Waals surface area contributed by atoms with Gasteiger partial charge in [-0.05, 0) is 30.7 Å². The first-order chi connectivity index (χ1) is 11.7. The third-order valence-electron chi connectivity index (χ3n) is 3.68. The summed E-state index contributed by atoms with van der Waals surface area (Å²) in [4.78, 5) is 17.1. The molecule has 3 heterocycles. The molecule has 0 unspecified atom stereocenters. The summed E-state index contributed by atoms with van der Waals surface area (Å²) < 4.78 is 6.86. The van der Waals surface area contributed by atoms with Crippen molar-refractivity contribution >= 4 is 17.4 Å². The maximum Gasteiger partial charge on any atom is 0.336 e. The number of imidazole rings is 1. The Morgan fingerprint density at radius 1 is 1.08 bits per heavy atom. The van der Waals surface area contributed by atoms with Gasteiger partial charge in [-0.1, -0.05) is 42.1 Å². The maximum absolute atomic E-state index is 11.5. The van der Waals surface area contributed by atoms with Crippen LogP contribution in [0.4, 0.5) is 0 Å². The third kappa shape index (κ3) is 2.74. The van der Waals surface area contributed by atoms with Gasteiger partial charge in [-0.3, -0.25) is 4.40 Å². The fourth-order valence-electron chi connectivity index (χ4n) is 2.55. The van der Waals surface area contributed by atoms with E-state index in [1.54, 1.807) is 6.07 Å². The van der Waals surface area contributed by atoms with E-state index >= 15 is 0 Å². The van der Waals surface area contributed by atoms with Crippen LogP contribution in [0.15, 0.2) is 86.2 Å². The van der Waals surface area contributed by atoms with E-state index in [0.29, 0.717) is 0 Å². The normalized spacial score (nSPS) is 11.0. The molecule has 0 amide bonds. The maximum atomic E-state index is 11.5. The van der Waals surface area contributed by atoms with Gasteiger partial charge < -0.3 is 4.42 Å². The number of benzene rings is 1. The molecule has 0 fully saturated rings. The Balaban J connectivity index is 1.92. The van der Waals surface area contributed by atoms with Gasteiger partial charge in [0, 0.05) is 22.7 Å². The van der Waals surface area contributed by atoms with Crippen LogP contribution in [0, 0.1) is 6.92 Å². The summed E-state index contributed by atoms with van der Waals surface area (Å²) in [5.41, 5.74) is 3.64. The molecule has 0 radical (unpaired) electrons. The molecule has 0 aliphatic carbocycles. The van der Waals surface area contributed by atoms with Crippen LogP contribution >= 0.6 is 11.8 Å². The molecule has 4 nitrogen and oxygen atoms in total. The summed E-state index contributed by atoms with van der Waals surface area (Å²) in [6.45, 7) is 2.05. The summed E-state index contributed by atoms with van der Waals surface area (Å²) in [5.74, 6) is 0. The Labute approximate surface area is 142 Å². The summed E-state index contributed by atoms with van der Waals surface area (Å²) in [6.07, 6.45) is 3.43. The van der Waals surface area contributed by atoms with Crippen molar-refractivity contribution in [2.24, 2.45) is 0 Å². The highest BCUT2D eigenvalue weighted by Crippen LogP contribution is 2.36. The number of aromatic nitrogens is 2. The minimum absolute atomic E-state index is 0.356. The number of hydrogen-bond donors (Lipinski definition) is 0. The Bertz CT molecular complexity index is 1070. The number of hydrogen-bond acceptors (Lipinski definition) is 4. The number of aryl methyl sites for hydroxylation is 1. The van der Waals surface area contributed by atoms with Crippen LogP contribution in [0.3, 0.4) is 0 Å². The molecule has 5 heteroatoms. The van der Waals surface area contributed by atoms with E-state index < -0.39 is 0 Å². The number of fused-ring (bicyclic) bond motifs is 1. The van der Waals surface area contributed by atoms with Crippen LogP contribution in [-0.4, -0.2) is 9.38 Å². The van der Waals surface area contributed by atoms with Gasteiger partial charge in [0.2, 0.25) is 0 Å². The topological polar surface area (TPSA) is 47.5 Å². The Hall–Kier alpha value is -2.79. The molecule has 0 aliphatic heterocycles. The van der Waals surface area contributed by atoms with E-state index in [9.17, 15) is 4.79 Å². The smallest absolute Gasteiger partial charge is 0.336 e. The zero-order valence-corrected chi connectivity index (χ0v) is 13.8. The molecule has 0 bridgehead atoms. The first-order valence-electron chi connectivity index (χ1n) is 7.51. The molecule has 0 saturated carbocycles. The predicted molar refractivity (Wildman–Crippen MR) is 94.5 cm³/mol. The quantitative estimate of drug-likeness (QED) is 0.557. The zero-order chi connectivity index (χ0) is 16.5. The molecule has 0 N–H and O–H groups in total. The summed E-state index contributed by atoms with van der Waals surface area (Å²) in [7, 11) is 0. The standard InChI is InChI=1S/C19H14N2O2S/c1-13-7-9-21-16(11-13)20-18(14-5-3-2-4-6-14)19(21)24-15-8-10-23-17(22)12-15/h2-12H,1H3. The van der Waals surface area contributed by atoms with Crippen molar-refractivity contribution in [3.05, 3.63) is 83.0 Å². The fourth-order valence-corrected chi connectivity index (χ4v) is 3.56. The molecule has 1 aromatic carbocycles. The van der Waals surface area contributed by atoms with Gasteiger partial charge >= 0.3 is 5.63 Å². The average molecular weight is 334 g/mol. The van der Waals surface area contributed by atoms with E-state index in [1.807, 2.05) is 49.5 Å². The van der Waals surface area contributed by atoms with Crippen molar-refractivity contribution in [1.82, 2.24) is 9.38 Å². The number of pyridine rings is 1. The van der Waals surface area contributed by atoms with Gasteiger partial charge in [0.25, 0.3) is 0 Å². The van der Waals surface area contributed by atoms with Crippen LogP contribution in [0.2, 0.25) is 0 Å². The lowest BCUT2D eigenvalue weighted by Gasteiger charge is -2.05. The lowest BCUT2D eigenvalue weighted by atomic mass is 10.2. The van der Waals surface area contributed by atoms with Gasteiger partial charge in [-0.25, -0.2) is 9.78 Å². The van der Waals surface area contributed by atoms with Crippen molar-refractivity contribution in [2.45, 2.75) is 16.8 Å². The second-order valence-corrected chi connectivity index (χ2v) is 6.51. The number of rotatable bonds is 3. The second-order valence-electron chi connectivity index (χ2n) is 5.45. The lowest BCUT2D eigenvalue weighted by Crippen LogP contribution is -1.95. The minimum atomic E-state index is -0.356. The molecule has 0 aliphatic rings. The number of nitrogens with zero attached hydrogens (tertiary/aromatic N) is 2. The van der Waals surface area contributed by atoms with Crippen molar-refractivity contribution in [3.8, 4) is 11.3 Å². The van der Waals surface area contributed by atoms with E-state index in [4.69, 9.17) is 9.40 Å². The average Bonchev–Trinajstić information content (AvgIpc) is 2.93. The molecule has 0 spiro atoms. The van der Waals surface area contributed by atoms with E-state index in [2.05, 4.69) is 10.5 Å². The predicted octanol–water partition coefficient (Wildman–Crippen LogP) is 4.41. The van der Waals surface area contributed by atoms with Gasteiger partial charge in [0.15, 0.2) is 0 Å². The van der Waals surface area contributed by atoms with Crippen LogP contribution in [-0.2, 0) is 0 Å². The van der Waals surface area contributed by atoms with Crippen LogP contribution in [0.5, 0.6) is 0 Å². The fraction of sp³-hybridized carbons (Fsp3) is 0.0526. The first kappa shape index (κ1) is 14.8. The van der Waals surface area contributed by atoms with Crippen LogP contribution < -0.4 is 5.63 Å². The first-order valence-corrected chi connectivity index (χ1v) is 8.33. The molecule has 4 rings (SSSR count). The molecule has 3 aromatic heterocycles. The monoisotopic (exact) mass is 334 g/mol. The summed E-state index contributed by atoms with van der Waals surface area (Å²) >= 11 is 1.51. The second kappa shape index (κ2) is 6.02. The van der Waals surface area contributed by atoms with Crippen molar-refractivity contribution in [2.75, 3.05) is 0 Å². The van der Waals surface area contributed by atoms with Gasteiger partial charge in [-0.2, -0.15) is 0 Å². The molecule has 118 valence electrons. The largest absolute Gasteiger partial charge is 0.431 e. The lowest BCUT2D eigenvalue weighted by molar-refractivity contribution is 0.506. The minimum Gasteiger partial charge on any atom is -0.431 e. The molecule has 4 aromatic rings. The van der Waals surface area contributed by atoms with E-state index in [0.717, 1.165) is 32.4 Å². The van der Waals surface area contributed by atoms with Crippen LogP contribution in [0.25, 0.3) is 16.9 Å². The molecular weight excluding hydrogens is 320 g/mol. The van der Waals surface area contributed by atoms with Gasteiger partial charge in [0.05, 0.1) is 6.26 Å². The Morgan fingerprint density at radius 3 is 2.71 bits per heavy atom. The van der Waals surface area contributed by atoms with Gasteiger partial charge in [0.1, 0.15) is 16.4 Å².